The Morgan fingerprint density at radius 1 is 1.16 bits per heavy atom. The van der Waals surface area contributed by atoms with Crippen LogP contribution in [-0.2, 0) is 44.5 Å². The second-order valence-electron chi connectivity index (χ2n) is 11.2. The molecule has 1 aliphatic heterocycles. The fraction of sp³-hybridized carbons (Fsp3) is 0.552. The van der Waals surface area contributed by atoms with E-state index in [1.807, 2.05) is 23.9 Å². The fourth-order valence-electron chi connectivity index (χ4n) is 5.63. The van der Waals surface area contributed by atoms with Gasteiger partial charge in [-0.2, -0.15) is 5.10 Å². The zero-order valence-electron chi connectivity index (χ0n) is 22.4. The van der Waals surface area contributed by atoms with Gasteiger partial charge in [0, 0.05) is 24.7 Å². The molecule has 5 rings (SSSR count). The molecule has 1 aromatic carbocycles. The maximum atomic E-state index is 13.6. The average Bonchev–Trinajstić information content (AvgIpc) is 3.64. The third kappa shape index (κ3) is 5.58. The van der Waals surface area contributed by atoms with E-state index < -0.39 is 32.6 Å². The summed E-state index contributed by atoms with van der Waals surface area (Å²) in [7, 11) is -3.80. The fourth-order valence-corrected chi connectivity index (χ4v) is 6.92. The Hall–Kier alpha value is -2.94. The van der Waals surface area contributed by atoms with Crippen molar-refractivity contribution in [1.82, 2.24) is 19.8 Å². The van der Waals surface area contributed by atoms with Crippen LogP contribution in [0.15, 0.2) is 36.2 Å². The number of nitrogens with one attached hydrogen (secondary N) is 2. The van der Waals surface area contributed by atoms with Crippen molar-refractivity contribution in [1.29, 1.82) is 0 Å². The molecule has 0 radical (unpaired) electrons. The first-order valence-corrected chi connectivity index (χ1v) is 15.5. The minimum absolute atomic E-state index is 0.116. The zero-order valence-corrected chi connectivity index (χ0v) is 23.2. The molecule has 1 aromatic heterocycles. The number of carbonyl (C=O) groups is 2. The number of amides is 2. The average molecular weight is 539 g/mol. The van der Waals surface area contributed by atoms with E-state index in [4.69, 9.17) is 0 Å². The molecule has 2 aromatic rings. The normalized spacial score (nSPS) is 21.7. The Balaban J connectivity index is 1.49. The summed E-state index contributed by atoms with van der Waals surface area (Å²) in [5, 5.41) is 6.99. The quantitative estimate of drug-likeness (QED) is 0.349. The number of aryl methyl sites for hydroxylation is 3. The number of rotatable bonds is 10. The Labute approximate surface area is 225 Å². The minimum Gasteiger partial charge on any atom is -0.342 e. The molecule has 0 spiro atoms. The van der Waals surface area contributed by atoms with Crippen LogP contribution in [0.2, 0.25) is 0 Å². The van der Waals surface area contributed by atoms with E-state index in [0.29, 0.717) is 24.8 Å². The van der Waals surface area contributed by atoms with Crippen molar-refractivity contribution in [3.8, 4) is 0 Å². The van der Waals surface area contributed by atoms with Crippen LogP contribution >= 0.6 is 0 Å². The van der Waals surface area contributed by atoms with E-state index in [0.717, 1.165) is 56.2 Å². The van der Waals surface area contributed by atoms with Gasteiger partial charge < -0.3 is 5.32 Å². The number of sulfonamides is 1. The van der Waals surface area contributed by atoms with Crippen LogP contribution in [0.5, 0.6) is 0 Å². The lowest BCUT2D eigenvalue weighted by atomic mass is 9.78. The number of hydrogen-bond acceptors (Lipinski definition) is 5. The summed E-state index contributed by atoms with van der Waals surface area (Å²) in [6, 6.07) is 6.15. The molecular weight excluding hydrogens is 500 g/mol. The van der Waals surface area contributed by atoms with Crippen molar-refractivity contribution in [2.75, 3.05) is 0 Å². The van der Waals surface area contributed by atoms with E-state index in [2.05, 4.69) is 34.2 Å². The predicted molar refractivity (Wildman–Crippen MR) is 147 cm³/mol. The summed E-state index contributed by atoms with van der Waals surface area (Å²) in [4.78, 5) is 26.9. The van der Waals surface area contributed by atoms with Gasteiger partial charge in [0.25, 0.3) is 11.8 Å². The Bertz CT molecular complexity index is 1370. The molecule has 0 saturated heterocycles. The van der Waals surface area contributed by atoms with Crippen molar-refractivity contribution >= 4 is 27.4 Å². The van der Waals surface area contributed by atoms with E-state index in [9.17, 15) is 18.0 Å². The molecule has 38 heavy (non-hydrogen) atoms. The van der Waals surface area contributed by atoms with Crippen LogP contribution in [0.3, 0.4) is 0 Å². The number of carbonyl (C=O) groups excluding carboxylic acids is 2. The molecule has 2 heterocycles. The first-order chi connectivity index (χ1) is 18.2. The van der Waals surface area contributed by atoms with Gasteiger partial charge in [0.15, 0.2) is 0 Å². The lowest BCUT2D eigenvalue weighted by Crippen LogP contribution is -2.50. The highest BCUT2D eigenvalue weighted by atomic mass is 32.2. The Morgan fingerprint density at radius 3 is 2.66 bits per heavy atom. The van der Waals surface area contributed by atoms with Crippen molar-refractivity contribution in [2.45, 2.75) is 102 Å². The van der Waals surface area contributed by atoms with Gasteiger partial charge in [-0.1, -0.05) is 44.4 Å². The van der Waals surface area contributed by atoms with Crippen molar-refractivity contribution < 1.29 is 18.0 Å². The first kappa shape index (κ1) is 26.7. The lowest BCUT2D eigenvalue weighted by Gasteiger charge is -2.36. The summed E-state index contributed by atoms with van der Waals surface area (Å²) in [6.07, 6.45) is 14.0. The summed E-state index contributed by atoms with van der Waals surface area (Å²) in [6.45, 7) is 4.93. The van der Waals surface area contributed by atoms with Gasteiger partial charge in [-0.15, -0.1) is 0 Å². The molecule has 2 aliphatic carbocycles. The SMILES string of the molecule is CCCCCCn1cc([C@]2(C)CC(c3ccc4c(c3)CCCC4)=C(C(=O)NS(=O)(=O)C3CC3)C(=O)N2)cn1. The summed E-state index contributed by atoms with van der Waals surface area (Å²) >= 11 is 0. The summed E-state index contributed by atoms with van der Waals surface area (Å²) in [5.74, 6) is -1.42. The van der Waals surface area contributed by atoms with Gasteiger partial charge in [0.05, 0.1) is 17.0 Å². The van der Waals surface area contributed by atoms with Gasteiger partial charge >= 0.3 is 0 Å². The van der Waals surface area contributed by atoms with Crippen LogP contribution in [0.4, 0.5) is 0 Å². The molecule has 3 aliphatic rings. The molecule has 0 unspecified atom stereocenters. The van der Waals surface area contributed by atoms with Crippen LogP contribution in [-0.4, -0.2) is 35.3 Å². The molecule has 9 heteroatoms. The number of benzene rings is 1. The summed E-state index contributed by atoms with van der Waals surface area (Å²) in [5.41, 5.74) is 3.87. The van der Waals surface area contributed by atoms with Gasteiger partial charge in [-0.25, -0.2) is 13.1 Å². The number of aromatic nitrogens is 2. The molecule has 0 bridgehead atoms. The molecule has 2 amide bonds. The number of fused-ring (bicyclic) bond motifs is 1. The molecular formula is C29H38N4O4S. The smallest absolute Gasteiger partial charge is 0.270 e. The highest BCUT2D eigenvalue weighted by Gasteiger charge is 2.43. The highest BCUT2D eigenvalue weighted by Crippen LogP contribution is 2.40. The number of unbranched alkanes of at least 4 members (excludes halogenated alkanes) is 3. The van der Waals surface area contributed by atoms with Gasteiger partial charge in [-0.3, -0.25) is 14.3 Å². The molecule has 1 atom stereocenters. The molecule has 8 nitrogen and oxygen atoms in total. The minimum atomic E-state index is -3.80. The standard InChI is InChI=1S/C29H38N4O4S/c1-3-4-5-8-15-33-19-23(18-30-33)29(2)17-25(22-12-11-20-9-6-7-10-21(20)16-22)26(27(34)31-29)28(35)32-38(36,37)24-13-14-24/h11-12,16,18-19,24H,3-10,13-15,17H2,1-2H3,(H,31,34)(H,32,35)/t29-/m0/s1. The second kappa shape index (κ2) is 10.7. The van der Waals surface area contributed by atoms with Crippen LogP contribution in [0, 0.1) is 0 Å². The topological polar surface area (TPSA) is 110 Å². The molecule has 1 saturated carbocycles. The van der Waals surface area contributed by atoms with Gasteiger partial charge in [-0.05, 0) is 74.1 Å². The van der Waals surface area contributed by atoms with E-state index >= 15 is 0 Å². The van der Waals surface area contributed by atoms with E-state index in [1.54, 1.807) is 6.20 Å². The largest absolute Gasteiger partial charge is 0.342 e. The maximum Gasteiger partial charge on any atom is 0.270 e. The summed E-state index contributed by atoms with van der Waals surface area (Å²) < 4.78 is 29.2. The maximum absolute atomic E-state index is 13.6. The van der Waals surface area contributed by atoms with Gasteiger partial charge in [0.2, 0.25) is 10.0 Å². The monoisotopic (exact) mass is 538 g/mol. The third-order valence-electron chi connectivity index (χ3n) is 8.08. The van der Waals surface area contributed by atoms with E-state index in [1.165, 1.54) is 24.0 Å². The second-order valence-corrected chi connectivity index (χ2v) is 13.2. The van der Waals surface area contributed by atoms with Crippen LogP contribution < -0.4 is 10.0 Å². The van der Waals surface area contributed by atoms with Gasteiger partial charge in [0.1, 0.15) is 5.57 Å². The lowest BCUT2D eigenvalue weighted by molar-refractivity contribution is -0.124. The molecule has 1 fully saturated rings. The Morgan fingerprint density at radius 2 is 1.92 bits per heavy atom. The first-order valence-electron chi connectivity index (χ1n) is 14.0. The predicted octanol–water partition coefficient (Wildman–Crippen LogP) is 4.14. The molecule has 204 valence electrons. The van der Waals surface area contributed by atoms with Crippen LogP contribution in [0.1, 0.15) is 93.9 Å². The third-order valence-corrected chi connectivity index (χ3v) is 9.90. The van der Waals surface area contributed by atoms with E-state index in [-0.39, 0.29) is 5.57 Å². The van der Waals surface area contributed by atoms with Crippen molar-refractivity contribution in [3.63, 3.8) is 0 Å². The van der Waals surface area contributed by atoms with Crippen LogP contribution in [0.25, 0.3) is 5.57 Å². The van der Waals surface area contributed by atoms with Crippen molar-refractivity contribution in [3.05, 3.63) is 58.4 Å². The highest BCUT2D eigenvalue weighted by molar-refractivity contribution is 7.91. The number of hydrogen-bond donors (Lipinski definition) is 2. The zero-order chi connectivity index (χ0) is 26.9. The van der Waals surface area contributed by atoms with Crippen molar-refractivity contribution in [2.24, 2.45) is 0 Å². The Kier molecular flexibility index (Phi) is 7.49. The number of nitrogens with zero attached hydrogens (tertiary/aromatic N) is 2. The molecule has 2 N–H and O–H groups in total.